The molecule has 0 bridgehead atoms. The first kappa shape index (κ1) is 23.9. The van der Waals surface area contributed by atoms with Gasteiger partial charge in [0, 0.05) is 0 Å². The van der Waals surface area contributed by atoms with E-state index >= 15 is 0 Å². The Morgan fingerprint density at radius 2 is 1.55 bits per heavy atom. The van der Waals surface area contributed by atoms with Crippen LogP contribution in [0.25, 0.3) is 0 Å². The molecule has 3 nitrogen and oxygen atoms in total. The number of allylic oxidation sites excluding steroid dienone is 2. The number of aliphatic hydroxyl groups is 1. The van der Waals surface area contributed by atoms with Gasteiger partial charge in [-0.25, -0.2) is 0 Å². The van der Waals surface area contributed by atoms with Gasteiger partial charge in [-0.15, -0.1) is 0 Å². The molecular formula is C30H48O3. The van der Waals surface area contributed by atoms with Crippen LogP contribution in [0.2, 0.25) is 0 Å². The van der Waals surface area contributed by atoms with E-state index in [0.717, 1.165) is 25.7 Å². The summed E-state index contributed by atoms with van der Waals surface area (Å²) in [4.78, 5) is 12.5. The molecule has 5 rings (SSSR count). The van der Waals surface area contributed by atoms with Crippen molar-refractivity contribution in [3.63, 3.8) is 0 Å². The molecule has 0 spiro atoms. The third-order valence-electron chi connectivity index (χ3n) is 13.2. The molecule has 0 aromatic rings. The molecule has 186 valence electrons. The molecule has 0 aliphatic heterocycles. The molecule has 9 atom stereocenters. The van der Waals surface area contributed by atoms with Crippen molar-refractivity contribution >= 4 is 5.97 Å². The minimum absolute atomic E-state index is 0.0308. The third-order valence-corrected chi connectivity index (χ3v) is 13.2. The molecule has 0 radical (unpaired) electrons. The summed E-state index contributed by atoms with van der Waals surface area (Å²) in [5, 5.41) is 21.1. The summed E-state index contributed by atoms with van der Waals surface area (Å²) < 4.78 is 0. The standard InChI is InChI=1S/C30H48O3/c1-25(2)14-15-26(3)16-17-28(5)19(20(26)18-25)8-9-21-27(4)12-11-23(31)30(7,24(32)33)22(27)10-13-29(21,28)6/h8,20-23,31H,9-18H2,1-7H3,(H,32,33)/t20-,21+,22+,23?,26+,27+,28+,29+,30+/m0/s1. The largest absolute Gasteiger partial charge is 0.481 e. The monoisotopic (exact) mass is 456 g/mol. The Hall–Kier alpha value is -0.830. The van der Waals surface area contributed by atoms with Crippen molar-refractivity contribution in [2.75, 3.05) is 0 Å². The van der Waals surface area contributed by atoms with Gasteiger partial charge >= 0.3 is 5.97 Å². The van der Waals surface area contributed by atoms with Gasteiger partial charge in [0.1, 0.15) is 0 Å². The quantitative estimate of drug-likeness (QED) is 0.409. The lowest BCUT2D eigenvalue weighted by Gasteiger charge is -2.71. The maximum absolute atomic E-state index is 12.5. The highest BCUT2D eigenvalue weighted by atomic mass is 16.4. The van der Waals surface area contributed by atoms with Gasteiger partial charge in [0.25, 0.3) is 0 Å². The van der Waals surface area contributed by atoms with Crippen molar-refractivity contribution in [3.05, 3.63) is 11.6 Å². The number of carbonyl (C=O) groups is 1. The number of aliphatic hydroxyl groups excluding tert-OH is 1. The van der Waals surface area contributed by atoms with E-state index in [0.29, 0.717) is 29.1 Å². The molecule has 33 heavy (non-hydrogen) atoms. The van der Waals surface area contributed by atoms with E-state index in [9.17, 15) is 15.0 Å². The lowest BCUT2D eigenvalue weighted by Crippen LogP contribution is -2.66. The van der Waals surface area contributed by atoms with Crippen LogP contribution in [0.15, 0.2) is 11.6 Å². The second-order valence-electron chi connectivity index (χ2n) is 15.0. The highest BCUT2D eigenvalue weighted by Gasteiger charge is 2.69. The molecule has 2 N–H and O–H groups in total. The van der Waals surface area contributed by atoms with Crippen LogP contribution in [0.4, 0.5) is 0 Å². The van der Waals surface area contributed by atoms with E-state index in [-0.39, 0.29) is 22.2 Å². The average molecular weight is 457 g/mol. The van der Waals surface area contributed by atoms with E-state index < -0.39 is 17.5 Å². The Morgan fingerprint density at radius 3 is 2.21 bits per heavy atom. The first-order chi connectivity index (χ1) is 15.1. The van der Waals surface area contributed by atoms with Crippen molar-refractivity contribution in [2.45, 2.75) is 119 Å². The van der Waals surface area contributed by atoms with Crippen molar-refractivity contribution < 1.29 is 15.0 Å². The minimum atomic E-state index is -1.03. The smallest absolute Gasteiger partial charge is 0.312 e. The number of carboxylic acids is 1. The van der Waals surface area contributed by atoms with Crippen LogP contribution in [-0.2, 0) is 4.79 Å². The topological polar surface area (TPSA) is 57.5 Å². The number of carboxylic acid groups (broad SMARTS) is 1. The number of hydrogen-bond donors (Lipinski definition) is 2. The highest BCUT2D eigenvalue weighted by molar-refractivity contribution is 5.76. The van der Waals surface area contributed by atoms with Crippen molar-refractivity contribution in [1.82, 2.24) is 0 Å². The Bertz CT molecular complexity index is 889. The van der Waals surface area contributed by atoms with E-state index in [1.165, 1.54) is 32.1 Å². The van der Waals surface area contributed by atoms with E-state index in [4.69, 9.17) is 0 Å². The fourth-order valence-electron chi connectivity index (χ4n) is 10.5. The molecule has 0 amide bonds. The lowest BCUT2D eigenvalue weighted by molar-refractivity contribution is -0.216. The van der Waals surface area contributed by atoms with E-state index in [2.05, 4.69) is 47.6 Å². The SMILES string of the molecule is CC1(C)CC[C@]2(C)CC[C@]3(C)C(=CC[C@@H]4[C@@]5(C)CCC(O)[C@](C)(C(=O)O)[C@@H]5CC[C@]43C)[C@@H]2C1. The number of hydrogen-bond acceptors (Lipinski definition) is 2. The maximum Gasteiger partial charge on any atom is 0.312 e. The van der Waals surface area contributed by atoms with E-state index in [1.807, 2.05) is 6.92 Å². The molecule has 4 saturated carbocycles. The molecule has 3 heteroatoms. The summed E-state index contributed by atoms with van der Waals surface area (Å²) in [6, 6.07) is 0. The molecule has 5 aliphatic rings. The van der Waals surface area contributed by atoms with Gasteiger partial charge in [-0.1, -0.05) is 53.2 Å². The van der Waals surface area contributed by atoms with Crippen molar-refractivity contribution in [2.24, 2.45) is 50.2 Å². The Balaban J connectivity index is 1.58. The molecular weight excluding hydrogens is 408 g/mol. The Labute approximate surface area is 201 Å². The Morgan fingerprint density at radius 1 is 0.879 bits per heavy atom. The third kappa shape index (κ3) is 2.87. The first-order valence-corrected chi connectivity index (χ1v) is 13.8. The van der Waals surface area contributed by atoms with Gasteiger partial charge < -0.3 is 10.2 Å². The zero-order valence-corrected chi connectivity index (χ0v) is 22.3. The van der Waals surface area contributed by atoms with Gasteiger partial charge in [-0.3, -0.25) is 4.79 Å². The Kier molecular flexibility index (Phi) is 4.99. The van der Waals surface area contributed by atoms with Crippen LogP contribution in [0.3, 0.4) is 0 Å². The predicted molar refractivity (Wildman–Crippen MR) is 133 cm³/mol. The van der Waals surface area contributed by atoms with Crippen LogP contribution in [0.5, 0.6) is 0 Å². The zero-order chi connectivity index (χ0) is 24.2. The van der Waals surface area contributed by atoms with Gasteiger partial charge in [-0.2, -0.15) is 0 Å². The predicted octanol–water partition coefficient (Wildman–Crippen LogP) is 7.23. The summed E-state index contributed by atoms with van der Waals surface area (Å²) in [7, 11) is 0. The molecule has 0 saturated heterocycles. The molecule has 4 fully saturated rings. The van der Waals surface area contributed by atoms with E-state index in [1.54, 1.807) is 5.57 Å². The molecule has 0 aromatic heterocycles. The lowest BCUT2D eigenvalue weighted by atomic mass is 9.33. The summed E-state index contributed by atoms with van der Waals surface area (Å²) in [6.45, 7) is 16.9. The zero-order valence-electron chi connectivity index (χ0n) is 22.3. The van der Waals surface area contributed by atoms with Crippen molar-refractivity contribution in [1.29, 1.82) is 0 Å². The maximum atomic E-state index is 12.5. The first-order valence-electron chi connectivity index (χ1n) is 13.8. The van der Waals surface area contributed by atoms with Gasteiger partial charge in [0.05, 0.1) is 11.5 Å². The van der Waals surface area contributed by atoms with Crippen LogP contribution in [-0.4, -0.2) is 22.3 Å². The number of rotatable bonds is 1. The second-order valence-corrected chi connectivity index (χ2v) is 15.0. The molecule has 1 unspecified atom stereocenters. The average Bonchev–Trinajstić information content (AvgIpc) is 2.72. The van der Waals surface area contributed by atoms with Gasteiger partial charge in [0.2, 0.25) is 0 Å². The normalized spacial score (nSPS) is 55.3. The second kappa shape index (κ2) is 6.89. The van der Waals surface area contributed by atoms with Crippen LogP contribution in [0.1, 0.15) is 113 Å². The summed E-state index contributed by atoms with van der Waals surface area (Å²) >= 11 is 0. The van der Waals surface area contributed by atoms with Crippen LogP contribution >= 0.6 is 0 Å². The number of aliphatic carboxylic acids is 1. The highest BCUT2D eigenvalue weighted by Crippen LogP contribution is 2.75. The van der Waals surface area contributed by atoms with Crippen LogP contribution < -0.4 is 0 Å². The summed E-state index contributed by atoms with van der Waals surface area (Å²) in [5.74, 6) is 0.432. The fourth-order valence-corrected chi connectivity index (χ4v) is 10.5. The van der Waals surface area contributed by atoms with Gasteiger partial charge in [-0.05, 0) is 116 Å². The van der Waals surface area contributed by atoms with Gasteiger partial charge in [0.15, 0.2) is 0 Å². The summed E-state index contributed by atoms with van der Waals surface area (Å²) in [5.41, 5.74) is 1.98. The minimum Gasteiger partial charge on any atom is -0.481 e. The molecule has 5 aliphatic carbocycles. The van der Waals surface area contributed by atoms with Crippen LogP contribution in [0, 0.1) is 50.2 Å². The van der Waals surface area contributed by atoms with Crippen molar-refractivity contribution in [3.8, 4) is 0 Å². The molecule has 0 heterocycles. The summed E-state index contributed by atoms with van der Waals surface area (Å²) in [6.07, 6.45) is 13.2. The number of fused-ring (bicyclic) bond motifs is 7. The fraction of sp³-hybridized carbons (Fsp3) is 0.900. The molecule has 0 aromatic carbocycles.